The molecule has 0 aliphatic heterocycles. The van der Waals surface area contributed by atoms with E-state index >= 15 is 0 Å². The monoisotopic (exact) mass is 242 g/mol. The van der Waals surface area contributed by atoms with Gasteiger partial charge in [0.15, 0.2) is 0 Å². The van der Waals surface area contributed by atoms with Crippen LogP contribution in [0, 0.1) is 0 Å². The van der Waals surface area contributed by atoms with Gasteiger partial charge >= 0.3 is 6.98 Å². The SMILES string of the molecule is C=C(Cn1c2c(ccc1=O)CCC2)[B-](F)(F)F. The molecule has 0 fully saturated rings. The van der Waals surface area contributed by atoms with Gasteiger partial charge in [0.05, 0.1) is 0 Å². The zero-order valence-electron chi connectivity index (χ0n) is 9.26. The zero-order valence-corrected chi connectivity index (χ0v) is 9.26. The molecular formula is C11H12BF3NO-. The second-order valence-electron chi connectivity index (χ2n) is 4.32. The third-order valence-corrected chi connectivity index (χ3v) is 3.07. The molecule has 2 nitrogen and oxygen atoms in total. The summed E-state index contributed by atoms with van der Waals surface area (Å²) in [5, 5.41) is 0. The molecule has 0 spiro atoms. The van der Waals surface area contributed by atoms with E-state index in [4.69, 9.17) is 0 Å². The van der Waals surface area contributed by atoms with E-state index in [9.17, 15) is 17.7 Å². The maximum absolute atomic E-state index is 12.5. The third-order valence-electron chi connectivity index (χ3n) is 3.07. The molecule has 1 aliphatic carbocycles. The fraction of sp³-hybridized carbons (Fsp3) is 0.364. The molecule has 1 aliphatic rings. The molecule has 0 saturated heterocycles. The van der Waals surface area contributed by atoms with Gasteiger partial charge in [0.1, 0.15) is 0 Å². The van der Waals surface area contributed by atoms with Crippen molar-refractivity contribution in [1.82, 2.24) is 4.57 Å². The molecule has 0 atom stereocenters. The lowest BCUT2D eigenvalue weighted by Gasteiger charge is -2.20. The summed E-state index contributed by atoms with van der Waals surface area (Å²) >= 11 is 0. The molecule has 2 rings (SSSR count). The quantitative estimate of drug-likeness (QED) is 0.745. The number of nitrogens with zero attached hydrogens (tertiary/aromatic N) is 1. The van der Waals surface area contributed by atoms with Crippen LogP contribution in [-0.2, 0) is 19.4 Å². The average Bonchev–Trinajstić information content (AvgIpc) is 2.68. The Morgan fingerprint density at radius 3 is 2.71 bits per heavy atom. The van der Waals surface area contributed by atoms with Gasteiger partial charge in [0.25, 0.3) is 5.56 Å². The van der Waals surface area contributed by atoms with Crippen molar-refractivity contribution in [2.45, 2.75) is 25.8 Å². The van der Waals surface area contributed by atoms with Gasteiger partial charge < -0.3 is 17.5 Å². The van der Waals surface area contributed by atoms with Gasteiger partial charge in [0, 0.05) is 18.3 Å². The van der Waals surface area contributed by atoms with Crippen LogP contribution in [0.5, 0.6) is 0 Å². The minimum atomic E-state index is -5.08. The predicted molar refractivity (Wildman–Crippen MR) is 60.9 cm³/mol. The van der Waals surface area contributed by atoms with Crippen molar-refractivity contribution >= 4 is 6.98 Å². The van der Waals surface area contributed by atoms with Crippen LogP contribution < -0.4 is 5.56 Å². The summed E-state index contributed by atoms with van der Waals surface area (Å²) in [6.07, 6.45) is 2.39. The van der Waals surface area contributed by atoms with E-state index in [2.05, 4.69) is 6.58 Å². The first-order valence-corrected chi connectivity index (χ1v) is 5.49. The second-order valence-corrected chi connectivity index (χ2v) is 4.32. The summed E-state index contributed by atoms with van der Waals surface area (Å²) in [6, 6.07) is 3.05. The summed E-state index contributed by atoms with van der Waals surface area (Å²) < 4.78 is 38.6. The molecule has 17 heavy (non-hydrogen) atoms. The summed E-state index contributed by atoms with van der Waals surface area (Å²) in [7, 11) is 0. The normalized spacial score (nSPS) is 14.8. The van der Waals surface area contributed by atoms with Gasteiger partial charge in [0.2, 0.25) is 0 Å². The highest BCUT2D eigenvalue weighted by molar-refractivity contribution is 6.66. The highest BCUT2D eigenvalue weighted by Gasteiger charge is 2.28. The number of halogens is 3. The number of fused-ring (bicyclic) bond motifs is 1. The van der Waals surface area contributed by atoms with E-state index in [0.717, 1.165) is 24.1 Å². The number of pyridine rings is 1. The van der Waals surface area contributed by atoms with Crippen LogP contribution in [0.2, 0.25) is 0 Å². The lowest BCUT2D eigenvalue weighted by molar-refractivity contribution is 0.481. The Hall–Kier alpha value is -1.46. The zero-order chi connectivity index (χ0) is 12.6. The molecule has 0 aromatic carbocycles. The molecule has 0 radical (unpaired) electrons. The maximum atomic E-state index is 12.5. The fourth-order valence-corrected chi connectivity index (χ4v) is 2.11. The highest BCUT2D eigenvalue weighted by atomic mass is 19.4. The molecular weight excluding hydrogens is 230 g/mol. The van der Waals surface area contributed by atoms with Crippen LogP contribution in [0.15, 0.2) is 29.0 Å². The molecule has 1 aromatic rings. The minimum absolute atomic E-state index is 0.383. The molecule has 0 bridgehead atoms. The predicted octanol–water partition coefficient (Wildman–Crippen LogP) is 2.28. The number of hydrogen-bond donors (Lipinski definition) is 0. The molecule has 0 amide bonds. The fourth-order valence-electron chi connectivity index (χ4n) is 2.11. The summed E-state index contributed by atoms with van der Waals surface area (Å²) in [5.74, 6) is 0. The Kier molecular flexibility index (Phi) is 2.89. The van der Waals surface area contributed by atoms with Gasteiger partial charge in [-0.15, -0.1) is 12.1 Å². The van der Waals surface area contributed by atoms with Gasteiger partial charge in [-0.1, -0.05) is 6.07 Å². The summed E-state index contributed by atoms with van der Waals surface area (Å²) in [6.45, 7) is -2.49. The standard InChI is InChI=1S/C11H12BF3NO/c1-8(12(13,14)15)7-16-10-4-2-3-9(10)5-6-11(16)17/h5-6H,1-4,7H2/q-1. The van der Waals surface area contributed by atoms with Gasteiger partial charge in [-0.25, -0.2) is 0 Å². The van der Waals surface area contributed by atoms with E-state index < -0.39 is 19.0 Å². The summed E-state index contributed by atoms with van der Waals surface area (Å²) in [4.78, 5) is 11.6. The second kappa shape index (κ2) is 4.09. The third kappa shape index (κ3) is 2.30. The van der Waals surface area contributed by atoms with Crippen molar-refractivity contribution < 1.29 is 12.9 Å². The number of hydrogen-bond acceptors (Lipinski definition) is 1. The molecule has 1 aromatic heterocycles. The van der Waals surface area contributed by atoms with E-state index in [0.29, 0.717) is 6.42 Å². The maximum Gasteiger partial charge on any atom is 0.506 e. The number of allylic oxidation sites excluding steroid dienone is 1. The average molecular weight is 242 g/mol. The van der Waals surface area contributed by atoms with Crippen LogP contribution in [0.4, 0.5) is 12.9 Å². The molecule has 0 unspecified atom stereocenters. The Balaban J connectivity index is 2.37. The molecule has 6 heteroatoms. The van der Waals surface area contributed by atoms with Crippen molar-refractivity contribution in [2.75, 3.05) is 0 Å². The van der Waals surface area contributed by atoms with Crippen LogP contribution >= 0.6 is 0 Å². The lowest BCUT2D eigenvalue weighted by Crippen LogP contribution is -2.29. The molecule has 0 N–H and O–H groups in total. The number of aromatic nitrogens is 1. The first kappa shape index (κ1) is 12.0. The molecule has 1 heterocycles. The Labute approximate surface area is 96.8 Å². The van der Waals surface area contributed by atoms with Crippen molar-refractivity contribution in [1.29, 1.82) is 0 Å². The van der Waals surface area contributed by atoms with Crippen molar-refractivity contribution in [2.24, 2.45) is 0 Å². The summed E-state index contributed by atoms with van der Waals surface area (Å²) in [5.41, 5.74) is 0.505. The van der Waals surface area contributed by atoms with E-state index in [1.54, 1.807) is 6.07 Å². The van der Waals surface area contributed by atoms with Crippen molar-refractivity contribution in [3.05, 3.63) is 45.8 Å². The van der Waals surface area contributed by atoms with Gasteiger partial charge in [-0.3, -0.25) is 4.79 Å². The Bertz CT molecular complexity index is 518. The van der Waals surface area contributed by atoms with E-state index in [1.165, 1.54) is 10.6 Å². The first-order chi connectivity index (χ1) is 7.89. The van der Waals surface area contributed by atoms with Crippen LogP contribution in [0.3, 0.4) is 0 Å². The van der Waals surface area contributed by atoms with Crippen LogP contribution in [0.25, 0.3) is 0 Å². The largest absolute Gasteiger partial charge is 0.506 e. The Morgan fingerprint density at radius 1 is 1.35 bits per heavy atom. The molecule has 92 valence electrons. The highest BCUT2D eigenvalue weighted by Crippen LogP contribution is 2.23. The van der Waals surface area contributed by atoms with Gasteiger partial charge in [-0.2, -0.15) is 0 Å². The lowest BCUT2D eigenvalue weighted by atomic mass is 9.80. The van der Waals surface area contributed by atoms with Crippen molar-refractivity contribution in [3.8, 4) is 0 Å². The smallest absolute Gasteiger partial charge is 0.445 e. The van der Waals surface area contributed by atoms with Crippen molar-refractivity contribution in [3.63, 3.8) is 0 Å². The Morgan fingerprint density at radius 2 is 2.06 bits per heavy atom. The molecule has 0 saturated carbocycles. The van der Waals surface area contributed by atoms with Crippen LogP contribution in [0.1, 0.15) is 17.7 Å². The minimum Gasteiger partial charge on any atom is -0.445 e. The number of aryl methyl sites for hydroxylation is 1. The van der Waals surface area contributed by atoms with E-state index in [-0.39, 0.29) is 5.56 Å². The number of rotatable bonds is 3. The first-order valence-electron chi connectivity index (χ1n) is 5.49. The van der Waals surface area contributed by atoms with Crippen LogP contribution in [-0.4, -0.2) is 11.5 Å². The topological polar surface area (TPSA) is 22.0 Å². The van der Waals surface area contributed by atoms with E-state index in [1.807, 2.05) is 0 Å². The van der Waals surface area contributed by atoms with Gasteiger partial charge in [-0.05, 0) is 24.8 Å².